The summed E-state index contributed by atoms with van der Waals surface area (Å²) in [7, 11) is 1.43. The SMILES string of the molecule is COc1ccc(N)cc1OS(=O)O. The number of hydrogen-bond donors (Lipinski definition) is 2. The molecule has 3 N–H and O–H groups in total. The van der Waals surface area contributed by atoms with Gasteiger partial charge in [-0.3, -0.25) is 4.55 Å². The Morgan fingerprint density at radius 2 is 2.15 bits per heavy atom. The monoisotopic (exact) mass is 203 g/mol. The minimum atomic E-state index is -2.37. The van der Waals surface area contributed by atoms with Crippen LogP contribution in [0.15, 0.2) is 18.2 Å². The predicted molar refractivity (Wildman–Crippen MR) is 48.8 cm³/mol. The summed E-state index contributed by atoms with van der Waals surface area (Å²) in [5.74, 6) is 0.500. The molecule has 0 fully saturated rings. The first-order valence-corrected chi connectivity index (χ1v) is 4.39. The first kappa shape index (κ1) is 9.82. The molecular formula is C7H9NO4S. The fourth-order valence-corrected chi connectivity index (χ4v) is 1.12. The Hall–Kier alpha value is -1.27. The van der Waals surface area contributed by atoms with E-state index in [1.807, 2.05) is 0 Å². The van der Waals surface area contributed by atoms with E-state index in [2.05, 4.69) is 4.18 Å². The highest BCUT2D eigenvalue weighted by atomic mass is 32.2. The molecule has 1 aromatic rings. The topological polar surface area (TPSA) is 81.8 Å². The Bertz CT molecular complexity index is 328. The minimum absolute atomic E-state index is 0.142. The predicted octanol–water partition coefficient (Wildman–Crippen LogP) is 0.793. The molecule has 0 saturated carbocycles. The minimum Gasteiger partial charge on any atom is -0.493 e. The Morgan fingerprint density at radius 3 is 2.69 bits per heavy atom. The molecular weight excluding hydrogens is 194 g/mol. The lowest BCUT2D eigenvalue weighted by Gasteiger charge is -2.06. The zero-order chi connectivity index (χ0) is 9.84. The molecule has 0 aliphatic heterocycles. The van der Waals surface area contributed by atoms with Gasteiger partial charge in [0.15, 0.2) is 11.5 Å². The molecule has 13 heavy (non-hydrogen) atoms. The van der Waals surface area contributed by atoms with E-state index < -0.39 is 11.4 Å². The number of nitrogen functional groups attached to an aromatic ring is 1. The van der Waals surface area contributed by atoms with Gasteiger partial charge in [0.25, 0.3) is 0 Å². The Labute approximate surface area is 77.9 Å². The lowest BCUT2D eigenvalue weighted by molar-refractivity contribution is 0.386. The summed E-state index contributed by atoms with van der Waals surface area (Å²) in [4.78, 5) is 0. The summed E-state index contributed by atoms with van der Waals surface area (Å²) in [5, 5.41) is 0. The standard InChI is InChI=1S/C7H9NO4S/c1-11-6-3-2-5(8)4-7(6)12-13(9)10/h2-4H,8H2,1H3,(H,9,10). The lowest BCUT2D eigenvalue weighted by atomic mass is 10.3. The van der Waals surface area contributed by atoms with Crippen LogP contribution in [-0.2, 0) is 11.4 Å². The van der Waals surface area contributed by atoms with Crippen LogP contribution in [0.25, 0.3) is 0 Å². The van der Waals surface area contributed by atoms with Crippen molar-refractivity contribution in [1.82, 2.24) is 0 Å². The van der Waals surface area contributed by atoms with Gasteiger partial charge in [0.1, 0.15) is 0 Å². The Morgan fingerprint density at radius 1 is 1.46 bits per heavy atom. The highest BCUT2D eigenvalue weighted by Crippen LogP contribution is 2.29. The highest BCUT2D eigenvalue weighted by Gasteiger charge is 2.06. The third-order valence-electron chi connectivity index (χ3n) is 1.35. The van der Waals surface area contributed by atoms with Crippen LogP contribution >= 0.6 is 0 Å². The Kier molecular flexibility index (Phi) is 3.10. The van der Waals surface area contributed by atoms with E-state index in [0.29, 0.717) is 11.4 Å². The number of rotatable bonds is 3. The number of hydrogen-bond acceptors (Lipinski definition) is 4. The van der Waals surface area contributed by atoms with Crippen molar-refractivity contribution in [2.45, 2.75) is 0 Å². The summed E-state index contributed by atoms with van der Waals surface area (Å²) in [5.41, 5.74) is 5.87. The van der Waals surface area contributed by atoms with Crippen LogP contribution < -0.4 is 14.7 Å². The molecule has 0 amide bonds. The van der Waals surface area contributed by atoms with Crippen molar-refractivity contribution in [2.75, 3.05) is 12.8 Å². The third kappa shape index (κ3) is 2.60. The lowest BCUT2D eigenvalue weighted by Crippen LogP contribution is -2.00. The number of ether oxygens (including phenoxy) is 1. The fourth-order valence-electron chi connectivity index (χ4n) is 0.835. The summed E-state index contributed by atoms with van der Waals surface area (Å²) in [6.07, 6.45) is 0. The van der Waals surface area contributed by atoms with Gasteiger partial charge in [-0.15, -0.1) is 0 Å². The maximum Gasteiger partial charge on any atom is 0.357 e. The van der Waals surface area contributed by atoms with Gasteiger partial charge in [0.2, 0.25) is 0 Å². The van der Waals surface area contributed by atoms with Crippen molar-refractivity contribution in [3.63, 3.8) is 0 Å². The molecule has 1 atom stereocenters. The molecule has 0 saturated heterocycles. The normalized spacial score (nSPS) is 12.2. The van der Waals surface area contributed by atoms with Gasteiger partial charge in [0.05, 0.1) is 7.11 Å². The highest BCUT2D eigenvalue weighted by molar-refractivity contribution is 7.74. The van der Waals surface area contributed by atoms with Crippen molar-refractivity contribution in [1.29, 1.82) is 0 Å². The molecule has 0 bridgehead atoms. The van der Waals surface area contributed by atoms with Crippen LogP contribution in [0.1, 0.15) is 0 Å². The first-order chi connectivity index (χ1) is 6.13. The zero-order valence-electron chi connectivity index (χ0n) is 6.89. The average molecular weight is 203 g/mol. The molecule has 5 nitrogen and oxygen atoms in total. The zero-order valence-corrected chi connectivity index (χ0v) is 7.71. The quantitative estimate of drug-likeness (QED) is 0.560. The maximum absolute atomic E-state index is 10.3. The molecule has 6 heteroatoms. The fraction of sp³-hybridized carbons (Fsp3) is 0.143. The molecule has 0 aliphatic carbocycles. The van der Waals surface area contributed by atoms with Gasteiger partial charge < -0.3 is 14.7 Å². The molecule has 0 aliphatic rings. The number of benzene rings is 1. The molecule has 0 spiro atoms. The number of methoxy groups -OCH3 is 1. The van der Waals surface area contributed by atoms with Gasteiger partial charge in [-0.05, 0) is 12.1 Å². The van der Waals surface area contributed by atoms with Crippen LogP contribution in [0, 0.1) is 0 Å². The van der Waals surface area contributed by atoms with Crippen LogP contribution in [0.5, 0.6) is 11.5 Å². The van der Waals surface area contributed by atoms with Crippen molar-refractivity contribution >= 4 is 17.0 Å². The first-order valence-electron chi connectivity index (χ1n) is 3.36. The van der Waals surface area contributed by atoms with E-state index in [9.17, 15) is 4.21 Å². The van der Waals surface area contributed by atoms with E-state index >= 15 is 0 Å². The van der Waals surface area contributed by atoms with E-state index in [4.69, 9.17) is 15.0 Å². The second-order valence-corrected chi connectivity index (χ2v) is 2.81. The summed E-state index contributed by atoms with van der Waals surface area (Å²) in [6.45, 7) is 0. The van der Waals surface area contributed by atoms with Crippen LogP contribution in [0.3, 0.4) is 0 Å². The van der Waals surface area contributed by atoms with Crippen LogP contribution in [-0.4, -0.2) is 15.9 Å². The van der Waals surface area contributed by atoms with Crippen LogP contribution in [0.2, 0.25) is 0 Å². The summed E-state index contributed by atoms with van der Waals surface area (Å²) < 4.78 is 28.2. The van der Waals surface area contributed by atoms with Crippen molar-refractivity contribution < 1.29 is 17.7 Å². The molecule has 0 aromatic heterocycles. The smallest absolute Gasteiger partial charge is 0.357 e. The van der Waals surface area contributed by atoms with Gasteiger partial charge >= 0.3 is 11.4 Å². The van der Waals surface area contributed by atoms with Crippen molar-refractivity contribution in [2.24, 2.45) is 0 Å². The number of anilines is 1. The number of nitrogens with two attached hydrogens (primary N) is 1. The van der Waals surface area contributed by atoms with E-state index in [0.717, 1.165) is 0 Å². The maximum atomic E-state index is 10.3. The largest absolute Gasteiger partial charge is 0.493 e. The third-order valence-corrected chi connectivity index (χ3v) is 1.67. The van der Waals surface area contributed by atoms with Crippen molar-refractivity contribution in [3.8, 4) is 11.5 Å². The summed E-state index contributed by atoms with van der Waals surface area (Å²) >= 11 is -2.37. The second-order valence-electron chi connectivity index (χ2n) is 2.21. The van der Waals surface area contributed by atoms with Gasteiger partial charge in [-0.2, -0.15) is 4.21 Å². The molecule has 72 valence electrons. The molecule has 1 aromatic carbocycles. The van der Waals surface area contributed by atoms with Gasteiger partial charge in [-0.1, -0.05) is 0 Å². The van der Waals surface area contributed by atoms with Crippen LogP contribution in [0.4, 0.5) is 5.69 Å². The van der Waals surface area contributed by atoms with Crippen molar-refractivity contribution in [3.05, 3.63) is 18.2 Å². The van der Waals surface area contributed by atoms with Gasteiger partial charge in [-0.25, -0.2) is 0 Å². The Balaban J connectivity index is 3.01. The average Bonchev–Trinajstić information content (AvgIpc) is 2.03. The molecule has 1 unspecified atom stereocenters. The van der Waals surface area contributed by atoms with E-state index in [1.165, 1.54) is 13.2 Å². The molecule has 0 heterocycles. The second kappa shape index (κ2) is 4.11. The van der Waals surface area contributed by atoms with E-state index in [-0.39, 0.29) is 5.75 Å². The molecule has 0 radical (unpaired) electrons. The summed E-state index contributed by atoms with van der Waals surface area (Å²) in [6, 6.07) is 4.57. The van der Waals surface area contributed by atoms with E-state index in [1.54, 1.807) is 12.1 Å². The van der Waals surface area contributed by atoms with Gasteiger partial charge in [0, 0.05) is 11.8 Å². The molecule has 1 rings (SSSR count).